The van der Waals surface area contributed by atoms with Gasteiger partial charge in [-0.2, -0.15) is 11.8 Å². The number of rotatable bonds is 7. The van der Waals surface area contributed by atoms with Crippen molar-refractivity contribution in [3.8, 4) is 11.5 Å². The molecule has 1 amide bonds. The summed E-state index contributed by atoms with van der Waals surface area (Å²) < 4.78 is 5.39. The first-order chi connectivity index (χ1) is 10.5. The fraction of sp³-hybridized carbons (Fsp3) is 0.375. The molecule has 0 fully saturated rings. The molecule has 2 rings (SSSR count). The molecular formula is C16H20N2O3S. The molecule has 0 spiro atoms. The van der Waals surface area contributed by atoms with Crippen LogP contribution in [-0.4, -0.2) is 40.2 Å². The SMILES string of the molecule is CSCC(C)(O)CNC(=O)Cc1coc(-c2ccccc2)n1. The molecule has 2 N–H and O–H groups in total. The highest BCUT2D eigenvalue weighted by molar-refractivity contribution is 7.98. The summed E-state index contributed by atoms with van der Waals surface area (Å²) in [4.78, 5) is 16.2. The second-order valence-electron chi connectivity index (χ2n) is 5.39. The van der Waals surface area contributed by atoms with Crippen LogP contribution < -0.4 is 5.32 Å². The Morgan fingerprint density at radius 2 is 2.14 bits per heavy atom. The number of nitrogens with one attached hydrogen (secondary N) is 1. The van der Waals surface area contributed by atoms with Gasteiger partial charge in [0.25, 0.3) is 0 Å². The van der Waals surface area contributed by atoms with E-state index >= 15 is 0 Å². The quantitative estimate of drug-likeness (QED) is 0.817. The molecule has 1 atom stereocenters. The lowest BCUT2D eigenvalue weighted by Gasteiger charge is -2.22. The summed E-state index contributed by atoms with van der Waals surface area (Å²) in [6, 6.07) is 9.52. The Morgan fingerprint density at radius 3 is 2.82 bits per heavy atom. The number of hydrogen-bond acceptors (Lipinski definition) is 5. The zero-order chi connectivity index (χ0) is 16.0. The van der Waals surface area contributed by atoms with E-state index < -0.39 is 5.60 Å². The molecule has 0 saturated heterocycles. The van der Waals surface area contributed by atoms with Crippen LogP contribution in [0.5, 0.6) is 0 Å². The fourth-order valence-corrected chi connectivity index (χ4v) is 2.70. The summed E-state index contributed by atoms with van der Waals surface area (Å²) in [5.41, 5.74) is 0.534. The minimum atomic E-state index is -0.909. The number of carbonyl (C=O) groups excluding carboxylic acids is 1. The van der Waals surface area contributed by atoms with E-state index in [1.54, 1.807) is 6.92 Å². The van der Waals surface area contributed by atoms with Crippen LogP contribution in [0.25, 0.3) is 11.5 Å². The molecule has 1 heterocycles. The lowest BCUT2D eigenvalue weighted by molar-refractivity contribution is -0.121. The Kier molecular flexibility index (Phi) is 5.63. The summed E-state index contributed by atoms with van der Waals surface area (Å²) in [7, 11) is 0. The Labute approximate surface area is 134 Å². The molecule has 6 heteroatoms. The Bertz CT molecular complexity index is 611. The van der Waals surface area contributed by atoms with Gasteiger partial charge in [0.05, 0.1) is 17.7 Å². The molecule has 1 unspecified atom stereocenters. The number of aromatic nitrogens is 1. The van der Waals surface area contributed by atoms with Gasteiger partial charge in [0.1, 0.15) is 6.26 Å². The van der Waals surface area contributed by atoms with Gasteiger partial charge in [-0.05, 0) is 25.3 Å². The van der Waals surface area contributed by atoms with Gasteiger partial charge in [-0.25, -0.2) is 4.98 Å². The normalized spacial score (nSPS) is 13.6. The number of amides is 1. The summed E-state index contributed by atoms with van der Waals surface area (Å²) in [5, 5.41) is 12.7. The summed E-state index contributed by atoms with van der Waals surface area (Å²) >= 11 is 1.54. The minimum Gasteiger partial charge on any atom is -0.444 e. The average molecular weight is 320 g/mol. The Morgan fingerprint density at radius 1 is 1.41 bits per heavy atom. The van der Waals surface area contributed by atoms with Crippen molar-refractivity contribution in [3.63, 3.8) is 0 Å². The van der Waals surface area contributed by atoms with Gasteiger partial charge in [0.15, 0.2) is 0 Å². The summed E-state index contributed by atoms with van der Waals surface area (Å²) in [5.74, 6) is 0.877. The number of carbonyl (C=O) groups is 1. The van der Waals surface area contributed by atoms with Gasteiger partial charge in [0, 0.05) is 17.9 Å². The van der Waals surface area contributed by atoms with Crippen LogP contribution in [0.15, 0.2) is 41.0 Å². The molecule has 0 radical (unpaired) electrons. The summed E-state index contributed by atoms with van der Waals surface area (Å²) in [6.45, 7) is 1.92. The monoisotopic (exact) mass is 320 g/mol. The number of oxazole rings is 1. The van der Waals surface area contributed by atoms with E-state index in [0.717, 1.165) is 5.56 Å². The molecule has 2 aromatic rings. The van der Waals surface area contributed by atoms with E-state index in [4.69, 9.17) is 4.42 Å². The molecule has 118 valence electrons. The first-order valence-corrected chi connectivity index (χ1v) is 8.37. The molecular weight excluding hydrogens is 300 g/mol. The van der Waals surface area contributed by atoms with Crippen molar-refractivity contribution < 1.29 is 14.3 Å². The number of aliphatic hydroxyl groups is 1. The maximum absolute atomic E-state index is 11.9. The third-order valence-corrected chi connectivity index (χ3v) is 3.95. The predicted octanol–water partition coefficient (Wildman–Crippen LogP) is 2.11. The van der Waals surface area contributed by atoms with Crippen LogP contribution in [0.2, 0.25) is 0 Å². The van der Waals surface area contributed by atoms with Crippen LogP contribution in [0.1, 0.15) is 12.6 Å². The highest BCUT2D eigenvalue weighted by Gasteiger charge is 2.20. The highest BCUT2D eigenvalue weighted by atomic mass is 32.2. The lowest BCUT2D eigenvalue weighted by atomic mass is 10.1. The van der Waals surface area contributed by atoms with Crippen molar-refractivity contribution in [1.29, 1.82) is 0 Å². The highest BCUT2D eigenvalue weighted by Crippen LogP contribution is 2.18. The average Bonchev–Trinajstić information content (AvgIpc) is 2.95. The van der Waals surface area contributed by atoms with Crippen molar-refractivity contribution in [2.24, 2.45) is 0 Å². The third kappa shape index (κ3) is 4.89. The van der Waals surface area contributed by atoms with E-state index in [-0.39, 0.29) is 18.9 Å². The van der Waals surface area contributed by atoms with Gasteiger partial charge in [0.2, 0.25) is 11.8 Å². The zero-order valence-electron chi connectivity index (χ0n) is 12.7. The first-order valence-electron chi connectivity index (χ1n) is 6.98. The maximum Gasteiger partial charge on any atom is 0.226 e. The molecule has 22 heavy (non-hydrogen) atoms. The van der Waals surface area contributed by atoms with E-state index in [0.29, 0.717) is 17.3 Å². The summed E-state index contributed by atoms with van der Waals surface area (Å²) in [6.07, 6.45) is 3.53. The molecule has 1 aromatic heterocycles. The molecule has 0 aliphatic carbocycles. The Balaban J connectivity index is 1.89. The van der Waals surface area contributed by atoms with Gasteiger partial charge >= 0.3 is 0 Å². The van der Waals surface area contributed by atoms with E-state index in [2.05, 4.69) is 10.3 Å². The third-order valence-electron chi connectivity index (χ3n) is 3.04. The van der Waals surface area contributed by atoms with Crippen LogP contribution in [0.3, 0.4) is 0 Å². The van der Waals surface area contributed by atoms with E-state index in [9.17, 15) is 9.90 Å². The number of nitrogens with zero attached hydrogens (tertiary/aromatic N) is 1. The molecule has 5 nitrogen and oxygen atoms in total. The van der Waals surface area contributed by atoms with Gasteiger partial charge in [-0.3, -0.25) is 4.79 Å². The van der Waals surface area contributed by atoms with Crippen molar-refractivity contribution in [3.05, 3.63) is 42.3 Å². The molecule has 0 aliphatic heterocycles. The van der Waals surface area contributed by atoms with Crippen LogP contribution >= 0.6 is 11.8 Å². The topological polar surface area (TPSA) is 75.4 Å². The molecule has 0 aliphatic rings. The zero-order valence-corrected chi connectivity index (χ0v) is 13.5. The van der Waals surface area contributed by atoms with Crippen molar-refractivity contribution in [2.45, 2.75) is 18.9 Å². The fourth-order valence-electron chi connectivity index (χ4n) is 1.98. The van der Waals surface area contributed by atoms with Crippen LogP contribution in [0, 0.1) is 0 Å². The largest absolute Gasteiger partial charge is 0.444 e. The smallest absolute Gasteiger partial charge is 0.226 e. The molecule has 0 bridgehead atoms. The number of thioether (sulfide) groups is 1. The van der Waals surface area contributed by atoms with Crippen LogP contribution in [0.4, 0.5) is 0 Å². The number of hydrogen-bond donors (Lipinski definition) is 2. The van der Waals surface area contributed by atoms with E-state index in [1.165, 1.54) is 18.0 Å². The van der Waals surface area contributed by atoms with Crippen molar-refractivity contribution >= 4 is 17.7 Å². The van der Waals surface area contributed by atoms with Crippen molar-refractivity contribution in [1.82, 2.24) is 10.3 Å². The van der Waals surface area contributed by atoms with Crippen LogP contribution in [-0.2, 0) is 11.2 Å². The van der Waals surface area contributed by atoms with E-state index in [1.807, 2.05) is 36.6 Å². The number of benzene rings is 1. The lowest BCUT2D eigenvalue weighted by Crippen LogP contribution is -2.42. The second-order valence-corrected chi connectivity index (χ2v) is 6.26. The van der Waals surface area contributed by atoms with Gasteiger partial charge in [-0.1, -0.05) is 18.2 Å². The molecule has 1 aromatic carbocycles. The second kappa shape index (κ2) is 7.47. The predicted molar refractivity (Wildman–Crippen MR) is 87.7 cm³/mol. The Hall–Kier alpha value is -1.79. The minimum absolute atomic E-state index is 0.131. The van der Waals surface area contributed by atoms with Crippen molar-refractivity contribution in [2.75, 3.05) is 18.6 Å². The van der Waals surface area contributed by atoms with Gasteiger partial charge in [-0.15, -0.1) is 0 Å². The first kappa shape index (κ1) is 16.6. The van der Waals surface area contributed by atoms with Gasteiger partial charge < -0.3 is 14.8 Å². The maximum atomic E-state index is 11.9. The standard InChI is InChI=1S/C16H20N2O3S/c1-16(20,11-22-2)10-17-14(19)8-13-9-21-15(18-13)12-6-4-3-5-7-12/h3-7,9,20H,8,10-11H2,1-2H3,(H,17,19). The molecule has 0 saturated carbocycles.